The Bertz CT molecular complexity index is 355. The van der Waals surface area contributed by atoms with Crippen LogP contribution in [0.3, 0.4) is 0 Å². The van der Waals surface area contributed by atoms with Crippen molar-refractivity contribution in [2.75, 3.05) is 0 Å². The maximum Gasteiger partial charge on any atom is 0 e. The molecule has 0 spiro atoms. The van der Waals surface area contributed by atoms with Crippen molar-refractivity contribution in [1.29, 1.82) is 0 Å². The molecule has 0 unspecified atom stereocenters. The number of hydrogen-bond acceptors (Lipinski definition) is 0. The summed E-state index contributed by atoms with van der Waals surface area (Å²) in [6.07, 6.45) is 0. The van der Waals surface area contributed by atoms with Gasteiger partial charge in [-0.3, -0.25) is 0 Å². The van der Waals surface area contributed by atoms with Gasteiger partial charge in [-0.15, -0.1) is 0 Å². The number of hydrogen-bond donors (Lipinski definition) is 0. The molecule has 0 aromatic heterocycles. The van der Waals surface area contributed by atoms with E-state index in [0.29, 0.717) is 0 Å². The molecule has 0 aliphatic heterocycles. The topological polar surface area (TPSA) is 0 Å². The van der Waals surface area contributed by atoms with Crippen molar-refractivity contribution in [2.45, 2.75) is 20.8 Å². The fourth-order valence-electron chi connectivity index (χ4n) is 1.17. The normalized spacial score (nSPS) is 8.44. The minimum Gasteiger partial charge on any atom is -0.0622 e. The number of aryl methyl sites for hydroxylation is 3. The summed E-state index contributed by atoms with van der Waals surface area (Å²) in [6, 6.07) is 18.7. The molecule has 0 bridgehead atoms. The van der Waals surface area contributed by atoms with Crippen molar-refractivity contribution in [3.8, 4) is 0 Å². The van der Waals surface area contributed by atoms with Crippen molar-refractivity contribution in [1.82, 2.24) is 0 Å². The van der Waals surface area contributed by atoms with E-state index >= 15 is 0 Å². The molecule has 0 atom stereocenters. The maximum absolute atomic E-state index is 2.12. The van der Waals surface area contributed by atoms with Crippen LogP contribution in [0, 0.1) is 92.6 Å². The van der Waals surface area contributed by atoms with Gasteiger partial charge in [-0.25, -0.2) is 0 Å². The second-order valence-corrected chi connectivity index (χ2v) is 3.81. The number of benzene rings is 2. The van der Waals surface area contributed by atoms with E-state index in [1.165, 1.54) is 16.7 Å². The Morgan fingerprint density at radius 1 is 0.500 bits per heavy atom. The smallest absolute Gasteiger partial charge is 0 e. The molecule has 0 amide bonds. The van der Waals surface area contributed by atoms with Crippen LogP contribution in [0.2, 0.25) is 0 Å². The van der Waals surface area contributed by atoms with Gasteiger partial charge in [0.2, 0.25) is 0 Å². The predicted molar refractivity (Wildman–Crippen MR) is 67.1 cm³/mol. The monoisotopic (exact) mass is 420 g/mol. The SMILES string of the molecule is Cc1ccc(C)cc1.Cc1ccccc1.[Rn]. The van der Waals surface area contributed by atoms with Gasteiger partial charge in [0, 0.05) is 71.9 Å². The zero-order chi connectivity index (χ0) is 11.1. The Morgan fingerprint density at radius 2 is 0.812 bits per heavy atom. The van der Waals surface area contributed by atoms with Gasteiger partial charge in [-0.1, -0.05) is 71.3 Å². The first-order valence-corrected chi connectivity index (χ1v) is 5.23. The quantitative estimate of drug-likeness (QED) is 0.597. The third-order valence-electron chi connectivity index (χ3n) is 2.16. The van der Waals surface area contributed by atoms with Gasteiger partial charge >= 0.3 is 0 Å². The molecular weight excluding hydrogens is 402 g/mol. The van der Waals surface area contributed by atoms with Gasteiger partial charge in [0.05, 0.1) is 0 Å². The Balaban J connectivity index is 0.000000267. The van der Waals surface area contributed by atoms with E-state index in [-0.39, 0.29) is 71.9 Å². The van der Waals surface area contributed by atoms with Gasteiger partial charge in [0.15, 0.2) is 0 Å². The molecule has 0 nitrogen and oxygen atoms in total. The first-order valence-electron chi connectivity index (χ1n) is 5.23. The van der Waals surface area contributed by atoms with E-state index in [9.17, 15) is 0 Å². The third kappa shape index (κ3) is 7.77. The van der Waals surface area contributed by atoms with Crippen LogP contribution in [0.4, 0.5) is 0 Å². The van der Waals surface area contributed by atoms with Gasteiger partial charge in [-0.2, -0.15) is 0 Å². The van der Waals surface area contributed by atoms with Crippen molar-refractivity contribution >= 4 is 0 Å². The first-order chi connectivity index (χ1) is 7.18. The molecule has 0 saturated carbocycles. The molecule has 2 aromatic carbocycles. The molecule has 86 valence electrons. The zero-order valence-electron chi connectivity index (χ0n) is 10.0. The van der Waals surface area contributed by atoms with Crippen LogP contribution in [-0.2, 0) is 0 Å². The Hall–Kier alpha value is 0.557. The summed E-state index contributed by atoms with van der Waals surface area (Å²) in [7, 11) is 0. The molecule has 0 aliphatic rings. The van der Waals surface area contributed by atoms with Crippen LogP contribution in [0.1, 0.15) is 16.7 Å². The predicted octanol–water partition coefficient (Wildman–Crippen LogP) is 4.30. The average molecular weight is 420 g/mol. The summed E-state index contributed by atoms with van der Waals surface area (Å²) in [5, 5.41) is 0. The molecule has 1 heteroatoms. The van der Waals surface area contributed by atoms with E-state index in [1.807, 2.05) is 18.2 Å². The van der Waals surface area contributed by atoms with Gasteiger partial charge in [0.1, 0.15) is 0 Å². The van der Waals surface area contributed by atoms with Crippen LogP contribution < -0.4 is 0 Å². The second-order valence-electron chi connectivity index (χ2n) is 3.81. The van der Waals surface area contributed by atoms with Crippen molar-refractivity contribution in [3.05, 3.63) is 71.3 Å². The molecule has 0 radical (unpaired) electrons. The summed E-state index contributed by atoms with van der Waals surface area (Å²) in [5.74, 6) is 0. The molecule has 2 rings (SSSR count). The summed E-state index contributed by atoms with van der Waals surface area (Å²) in [5.41, 5.74) is 3.98. The molecule has 0 fully saturated rings. The van der Waals surface area contributed by atoms with E-state index in [1.54, 1.807) is 0 Å². The van der Waals surface area contributed by atoms with E-state index in [2.05, 4.69) is 57.2 Å². The minimum absolute atomic E-state index is 0. The molecule has 16 heavy (non-hydrogen) atoms. The Morgan fingerprint density at radius 3 is 1.06 bits per heavy atom. The second kappa shape index (κ2) is 9.57. The summed E-state index contributed by atoms with van der Waals surface area (Å²) in [4.78, 5) is 0. The fourth-order valence-corrected chi connectivity index (χ4v) is 1.17. The van der Waals surface area contributed by atoms with E-state index in [4.69, 9.17) is 0 Å². The third-order valence-corrected chi connectivity index (χ3v) is 2.16. The van der Waals surface area contributed by atoms with Crippen LogP contribution in [0.25, 0.3) is 0 Å². The van der Waals surface area contributed by atoms with Crippen molar-refractivity contribution in [2.24, 2.45) is 0 Å². The van der Waals surface area contributed by atoms with Crippen LogP contribution in [0.15, 0.2) is 54.6 Å². The minimum atomic E-state index is 0. The van der Waals surface area contributed by atoms with Crippen LogP contribution in [0.5, 0.6) is 0 Å². The van der Waals surface area contributed by atoms with Gasteiger partial charge < -0.3 is 0 Å². The molecule has 0 saturated heterocycles. The van der Waals surface area contributed by atoms with Gasteiger partial charge in [-0.05, 0) is 20.8 Å². The largest absolute Gasteiger partial charge is 0.0622 e. The zero-order valence-corrected chi connectivity index (χ0v) is 12.8. The van der Waals surface area contributed by atoms with Crippen molar-refractivity contribution in [3.63, 3.8) is 0 Å². The first kappa shape index (κ1) is 16.6. The standard InChI is InChI=1S/C8H10.C7H8.Rn/c1-7-3-5-8(2)6-4-7;1-7-5-3-2-4-6-7;/h3-6H,1-2H3;2-6H,1H3;. The maximum atomic E-state index is 2.12. The Labute approximate surface area is 161 Å². The average Bonchev–Trinajstić information content (AvgIpc) is 2.25. The van der Waals surface area contributed by atoms with Gasteiger partial charge in [0.25, 0.3) is 0 Å². The molecule has 2 aromatic rings. The molecular formula is C15H18Rn. The molecule has 0 N–H and O–H groups in total. The van der Waals surface area contributed by atoms with E-state index < -0.39 is 0 Å². The number of rotatable bonds is 0. The summed E-state index contributed by atoms with van der Waals surface area (Å²) in [6.45, 7) is 6.28. The molecule has 0 heterocycles. The fraction of sp³-hybridized carbons (Fsp3) is 0.200. The van der Waals surface area contributed by atoms with Crippen LogP contribution >= 0.6 is 0 Å². The summed E-state index contributed by atoms with van der Waals surface area (Å²) < 4.78 is 0. The summed E-state index contributed by atoms with van der Waals surface area (Å²) >= 11 is 0. The van der Waals surface area contributed by atoms with Crippen LogP contribution in [-0.4, -0.2) is 0 Å². The Kier molecular flexibility index (Phi) is 9.91. The van der Waals surface area contributed by atoms with Crippen molar-refractivity contribution < 1.29 is 71.9 Å². The van der Waals surface area contributed by atoms with E-state index in [0.717, 1.165) is 0 Å². The molecule has 0 aliphatic carbocycles.